The van der Waals surface area contributed by atoms with E-state index in [4.69, 9.17) is 10.00 Å². The molecule has 1 aromatic heterocycles. The predicted molar refractivity (Wildman–Crippen MR) is 81.1 cm³/mol. The molecule has 0 radical (unpaired) electrons. The number of aromatic nitrogens is 1. The number of hydrogen-bond acceptors (Lipinski definition) is 3. The Morgan fingerprint density at radius 1 is 1.33 bits per heavy atom. The van der Waals surface area contributed by atoms with Crippen LogP contribution in [-0.4, -0.2) is 17.7 Å². The van der Waals surface area contributed by atoms with Crippen LogP contribution in [0.4, 0.5) is 0 Å². The van der Waals surface area contributed by atoms with Crippen LogP contribution >= 0.6 is 0 Å². The lowest BCUT2D eigenvalue weighted by Crippen LogP contribution is -2.14. The monoisotopic (exact) mass is 281 g/mol. The molecule has 3 rings (SSSR count). The topological polar surface area (TPSA) is 50.0 Å². The van der Waals surface area contributed by atoms with Crippen LogP contribution in [0.25, 0.3) is 0 Å². The van der Waals surface area contributed by atoms with Crippen molar-refractivity contribution in [2.45, 2.75) is 32.0 Å². The maximum absolute atomic E-state index is 9.13. The predicted octanol–water partition coefficient (Wildman–Crippen LogP) is 2.67. The van der Waals surface area contributed by atoms with Crippen LogP contribution in [0.5, 0.6) is 5.75 Å². The second kappa shape index (κ2) is 6.02. The molecule has 1 heterocycles. The fraction of sp³-hybridized carbons (Fsp3) is 0.353. The van der Waals surface area contributed by atoms with Crippen LogP contribution in [0.2, 0.25) is 0 Å². The van der Waals surface area contributed by atoms with E-state index in [-0.39, 0.29) is 0 Å². The average Bonchev–Trinajstić information content (AvgIpc) is 3.24. The minimum atomic E-state index is 0.581. The molecule has 0 spiro atoms. The van der Waals surface area contributed by atoms with Gasteiger partial charge < -0.3 is 14.6 Å². The van der Waals surface area contributed by atoms with Crippen molar-refractivity contribution in [3.63, 3.8) is 0 Å². The van der Waals surface area contributed by atoms with Crippen LogP contribution in [0.3, 0.4) is 0 Å². The van der Waals surface area contributed by atoms with E-state index >= 15 is 0 Å². The van der Waals surface area contributed by atoms with Gasteiger partial charge in [0.25, 0.3) is 0 Å². The van der Waals surface area contributed by atoms with E-state index in [2.05, 4.69) is 34.4 Å². The van der Waals surface area contributed by atoms with Gasteiger partial charge in [-0.2, -0.15) is 5.26 Å². The standard InChI is InChI=1S/C17H19N3O/c1-21-17-5-2-13(8-15(17)9-18)11-20-7-6-14(12-20)10-19-16-3-4-16/h2,5-8,12,16,19H,3-4,10-11H2,1H3. The molecule has 0 aliphatic heterocycles. The van der Waals surface area contributed by atoms with E-state index in [9.17, 15) is 0 Å². The van der Waals surface area contributed by atoms with Crippen molar-refractivity contribution < 1.29 is 4.74 Å². The first-order valence-corrected chi connectivity index (χ1v) is 7.23. The summed E-state index contributed by atoms with van der Waals surface area (Å²) >= 11 is 0. The van der Waals surface area contributed by atoms with Gasteiger partial charge in [-0.3, -0.25) is 0 Å². The second-order valence-electron chi connectivity index (χ2n) is 5.49. The van der Waals surface area contributed by atoms with Crippen LogP contribution in [0.15, 0.2) is 36.7 Å². The third-order valence-corrected chi connectivity index (χ3v) is 3.73. The molecule has 0 amide bonds. The Kier molecular flexibility index (Phi) is 3.94. The fourth-order valence-corrected chi connectivity index (χ4v) is 2.39. The zero-order valence-corrected chi connectivity index (χ0v) is 12.2. The normalized spacial score (nSPS) is 13.9. The second-order valence-corrected chi connectivity index (χ2v) is 5.49. The lowest BCUT2D eigenvalue weighted by molar-refractivity contribution is 0.413. The minimum absolute atomic E-state index is 0.581. The fourth-order valence-electron chi connectivity index (χ4n) is 2.39. The molecule has 1 aliphatic carbocycles. The number of nitrogens with one attached hydrogen (secondary N) is 1. The van der Waals surface area contributed by atoms with E-state index in [0.717, 1.165) is 24.7 Å². The Labute approximate surface area is 125 Å². The summed E-state index contributed by atoms with van der Waals surface area (Å²) in [5, 5.41) is 12.6. The quantitative estimate of drug-likeness (QED) is 0.885. The number of rotatable bonds is 6. The Bertz CT molecular complexity index is 665. The molecule has 0 bridgehead atoms. The highest BCUT2D eigenvalue weighted by molar-refractivity contribution is 5.45. The summed E-state index contributed by atoms with van der Waals surface area (Å²) < 4.78 is 7.31. The summed E-state index contributed by atoms with van der Waals surface area (Å²) in [5.41, 5.74) is 2.98. The van der Waals surface area contributed by atoms with Gasteiger partial charge in [0.2, 0.25) is 0 Å². The van der Waals surface area contributed by atoms with Crippen LogP contribution in [0, 0.1) is 11.3 Å². The van der Waals surface area contributed by atoms with E-state index in [1.165, 1.54) is 18.4 Å². The molecule has 1 aromatic carbocycles. The molecule has 21 heavy (non-hydrogen) atoms. The van der Waals surface area contributed by atoms with E-state index in [1.807, 2.05) is 18.2 Å². The van der Waals surface area contributed by atoms with E-state index in [1.54, 1.807) is 7.11 Å². The van der Waals surface area contributed by atoms with Gasteiger partial charge in [-0.05, 0) is 42.2 Å². The summed E-state index contributed by atoms with van der Waals surface area (Å²) in [6.45, 7) is 1.70. The molecule has 2 aromatic rings. The first kappa shape index (κ1) is 13.7. The van der Waals surface area contributed by atoms with Crippen molar-refractivity contribution in [2.75, 3.05) is 7.11 Å². The zero-order valence-electron chi connectivity index (χ0n) is 12.2. The third-order valence-electron chi connectivity index (χ3n) is 3.73. The van der Waals surface area contributed by atoms with Gasteiger partial charge in [-0.25, -0.2) is 0 Å². The van der Waals surface area contributed by atoms with Gasteiger partial charge in [0, 0.05) is 31.5 Å². The summed E-state index contributed by atoms with van der Waals surface area (Å²) in [7, 11) is 1.58. The van der Waals surface area contributed by atoms with E-state index < -0.39 is 0 Å². The number of nitriles is 1. The van der Waals surface area contributed by atoms with Gasteiger partial charge in [-0.1, -0.05) is 6.07 Å². The summed E-state index contributed by atoms with van der Waals surface area (Å²) in [6.07, 6.45) is 6.86. The number of benzene rings is 1. The van der Waals surface area contributed by atoms with Crippen LogP contribution in [-0.2, 0) is 13.1 Å². The summed E-state index contributed by atoms with van der Waals surface area (Å²) in [6, 6.07) is 10.8. The van der Waals surface area contributed by atoms with Crippen molar-refractivity contribution in [1.29, 1.82) is 5.26 Å². The molecular formula is C17H19N3O. The highest BCUT2D eigenvalue weighted by atomic mass is 16.5. The van der Waals surface area contributed by atoms with Crippen LogP contribution in [0.1, 0.15) is 29.5 Å². The molecular weight excluding hydrogens is 262 g/mol. The van der Waals surface area contributed by atoms with Gasteiger partial charge in [0.1, 0.15) is 11.8 Å². The molecule has 1 fully saturated rings. The molecule has 0 unspecified atom stereocenters. The zero-order chi connectivity index (χ0) is 14.7. The number of ether oxygens (including phenoxy) is 1. The Hall–Kier alpha value is -2.25. The number of nitrogens with zero attached hydrogens (tertiary/aromatic N) is 2. The molecule has 4 nitrogen and oxygen atoms in total. The maximum atomic E-state index is 9.13. The lowest BCUT2D eigenvalue weighted by atomic mass is 10.1. The van der Waals surface area contributed by atoms with Crippen molar-refractivity contribution in [1.82, 2.24) is 9.88 Å². The molecule has 4 heteroatoms. The van der Waals surface area contributed by atoms with Crippen molar-refractivity contribution in [3.05, 3.63) is 53.3 Å². The number of methoxy groups -OCH3 is 1. The first-order valence-electron chi connectivity index (χ1n) is 7.23. The first-order chi connectivity index (χ1) is 10.3. The molecule has 0 saturated heterocycles. The van der Waals surface area contributed by atoms with Crippen molar-refractivity contribution in [3.8, 4) is 11.8 Å². The highest BCUT2D eigenvalue weighted by Crippen LogP contribution is 2.20. The molecule has 108 valence electrons. The smallest absolute Gasteiger partial charge is 0.136 e. The molecule has 1 saturated carbocycles. The van der Waals surface area contributed by atoms with Gasteiger partial charge in [0.05, 0.1) is 12.7 Å². The lowest BCUT2D eigenvalue weighted by Gasteiger charge is -2.07. The van der Waals surface area contributed by atoms with Crippen LogP contribution < -0.4 is 10.1 Å². The minimum Gasteiger partial charge on any atom is -0.495 e. The third kappa shape index (κ3) is 3.45. The maximum Gasteiger partial charge on any atom is 0.136 e. The van der Waals surface area contributed by atoms with Gasteiger partial charge in [-0.15, -0.1) is 0 Å². The molecule has 1 N–H and O–H groups in total. The Morgan fingerprint density at radius 2 is 2.19 bits per heavy atom. The summed E-state index contributed by atoms with van der Waals surface area (Å²) in [5.74, 6) is 0.628. The average molecular weight is 281 g/mol. The van der Waals surface area contributed by atoms with E-state index in [0.29, 0.717) is 11.3 Å². The van der Waals surface area contributed by atoms with Gasteiger partial charge in [0.15, 0.2) is 0 Å². The Balaban J connectivity index is 1.66. The highest BCUT2D eigenvalue weighted by Gasteiger charge is 2.19. The van der Waals surface area contributed by atoms with Gasteiger partial charge >= 0.3 is 0 Å². The molecule has 1 aliphatic rings. The van der Waals surface area contributed by atoms with Crippen molar-refractivity contribution in [2.24, 2.45) is 0 Å². The SMILES string of the molecule is COc1ccc(Cn2ccc(CNC3CC3)c2)cc1C#N. The Morgan fingerprint density at radius 3 is 2.90 bits per heavy atom. The van der Waals surface area contributed by atoms with Crippen molar-refractivity contribution >= 4 is 0 Å². The summed E-state index contributed by atoms with van der Waals surface area (Å²) in [4.78, 5) is 0. The largest absolute Gasteiger partial charge is 0.495 e. The number of hydrogen-bond donors (Lipinski definition) is 1. The molecule has 0 atom stereocenters.